The summed E-state index contributed by atoms with van der Waals surface area (Å²) in [5.74, 6) is 0. The molecule has 1 rings (SSSR count). The molecule has 1 unspecified atom stereocenters. The van der Waals surface area contributed by atoms with Crippen LogP contribution in [0.1, 0.15) is 23.9 Å². The lowest BCUT2D eigenvalue weighted by Crippen LogP contribution is -2.28. The zero-order valence-corrected chi connectivity index (χ0v) is 9.64. The average Bonchev–Trinajstić information content (AvgIpc) is 2.52. The summed E-state index contributed by atoms with van der Waals surface area (Å²) in [6, 6.07) is 2.50. The Morgan fingerprint density at radius 1 is 1.71 bits per heavy atom. The molecule has 0 aliphatic carbocycles. The number of nitrogens with zero attached hydrogens (tertiary/aromatic N) is 3. The molecule has 0 radical (unpaired) electrons. The largest absolute Gasteiger partial charge is 0.298 e. The first-order chi connectivity index (χ1) is 6.65. The van der Waals surface area contributed by atoms with E-state index in [4.69, 9.17) is 5.26 Å². The summed E-state index contributed by atoms with van der Waals surface area (Å²) in [6.45, 7) is 4.98. The number of nitriles is 1. The third kappa shape index (κ3) is 2.79. The van der Waals surface area contributed by atoms with Gasteiger partial charge in [0, 0.05) is 17.5 Å². The predicted molar refractivity (Wildman–Crippen MR) is 58.0 cm³/mol. The lowest BCUT2D eigenvalue weighted by molar-refractivity contribution is 0.254. The Labute approximate surface area is 89.0 Å². The van der Waals surface area contributed by atoms with E-state index >= 15 is 0 Å². The minimum absolute atomic E-state index is 0.307. The van der Waals surface area contributed by atoms with E-state index in [2.05, 4.69) is 22.9 Å². The molecule has 0 fully saturated rings. The van der Waals surface area contributed by atoms with Gasteiger partial charge in [0.15, 0.2) is 0 Å². The van der Waals surface area contributed by atoms with Crippen LogP contribution >= 0.6 is 11.3 Å². The first-order valence-corrected chi connectivity index (χ1v) is 5.49. The van der Waals surface area contributed by atoms with Crippen LogP contribution in [-0.2, 0) is 6.54 Å². The summed E-state index contributed by atoms with van der Waals surface area (Å²) >= 11 is 1.68. The first kappa shape index (κ1) is 11.2. The standard InChI is InChI=1S/C10H15N3S/c1-8(4-5-11)13(3)6-10-9(2)12-7-14-10/h7-8H,4,6H2,1-3H3. The van der Waals surface area contributed by atoms with Gasteiger partial charge in [-0.15, -0.1) is 11.3 Å². The Kier molecular flexibility index (Phi) is 4.05. The Bertz CT molecular complexity index is 326. The maximum Gasteiger partial charge on any atom is 0.0798 e. The fraction of sp³-hybridized carbons (Fsp3) is 0.600. The fourth-order valence-corrected chi connectivity index (χ4v) is 1.99. The second kappa shape index (κ2) is 5.08. The van der Waals surface area contributed by atoms with Crippen molar-refractivity contribution in [1.82, 2.24) is 9.88 Å². The zero-order valence-electron chi connectivity index (χ0n) is 8.82. The van der Waals surface area contributed by atoms with Crippen molar-refractivity contribution in [1.29, 1.82) is 5.26 Å². The number of thiazole rings is 1. The molecule has 76 valence electrons. The van der Waals surface area contributed by atoms with Crippen LogP contribution in [0.5, 0.6) is 0 Å². The Morgan fingerprint density at radius 2 is 2.43 bits per heavy atom. The van der Waals surface area contributed by atoms with E-state index < -0.39 is 0 Å². The van der Waals surface area contributed by atoms with Crippen molar-refractivity contribution in [2.24, 2.45) is 0 Å². The molecule has 1 aromatic rings. The number of aryl methyl sites for hydroxylation is 1. The summed E-state index contributed by atoms with van der Waals surface area (Å²) < 4.78 is 0. The molecule has 1 heterocycles. The van der Waals surface area contributed by atoms with Gasteiger partial charge in [0.2, 0.25) is 0 Å². The van der Waals surface area contributed by atoms with Crippen molar-refractivity contribution in [2.75, 3.05) is 7.05 Å². The number of aromatic nitrogens is 1. The SMILES string of the molecule is Cc1ncsc1CN(C)C(C)CC#N. The molecule has 0 saturated carbocycles. The molecule has 0 saturated heterocycles. The topological polar surface area (TPSA) is 39.9 Å². The molecule has 0 aliphatic rings. The summed E-state index contributed by atoms with van der Waals surface area (Å²) in [7, 11) is 2.04. The molecule has 14 heavy (non-hydrogen) atoms. The summed E-state index contributed by atoms with van der Waals surface area (Å²) in [6.07, 6.45) is 0.578. The minimum atomic E-state index is 0.307. The van der Waals surface area contributed by atoms with Gasteiger partial charge in [-0.05, 0) is 20.9 Å². The summed E-state index contributed by atoms with van der Waals surface area (Å²) in [5, 5.41) is 8.58. The van der Waals surface area contributed by atoms with E-state index in [0.717, 1.165) is 12.2 Å². The van der Waals surface area contributed by atoms with Crippen LogP contribution in [0.4, 0.5) is 0 Å². The minimum Gasteiger partial charge on any atom is -0.298 e. The lowest BCUT2D eigenvalue weighted by atomic mass is 10.2. The molecule has 0 bridgehead atoms. The Balaban J connectivity index is 2.53. The van der Waals surface area contributed by atoms with Gasteiger partial charge in [-0.1, -0.05) is 0 Å². The molecule has 0 N–H and O–H groups in total. The zero-order chi connectivity index (χ0) is 10.6. The molecule has 0 spiro atoms. The maximum absolute atomic E-state index is 8.58. The van der Waals surface area contributed by atoms with E-state index in [9.17, 15) is 0 Å². The predicted octanol–water partition coefficient (Wildman–Crippen LogP) is 2.19. The van der Waals surface area contributed by atoms with Crippen LogP contribution in [-0.4, -0.2) is 23.0 Å². The van der Waals surface area contributed by atoms with E-state index in [-0.39, 0.29) is 0 Å². The van der Waals surface area contributed by atoms with Crippen LogP contribution in [0.3, 0.4) is 0 Å². The highest BCUT2D eigenvalue weighted by Crippen LogP contribution is 2.15. The van der Waals surface area contributed by atoms with Crippen LogP contribution in [0.15, 0.2) is 5.51 Å². The number of hydrogen-bond acceptors (Lipinski definition) is 4. The molecular formula is C10H15N3S. The molecular weight excluding hydrogens is 194 g/mol. The highest BCUT2D eigenvalue weighted by molar-refractivity contribution is 7.09. The third-order valence-electron chi connectivity index (χ3n) is 2.38. The fourth-order valence-electron chi connectivity index (χ4n) is 1.15. The highest BCUT2D eigenvalue weighted by atomic mass is 32.1. The van der Waals surface area contributed by atoms with Crippen molar-refractivity contribution in [3.63, 3.8) is 0 Å². The van der Waals surface area contributed by atoms with Crippen molar-refractivity contribution < 1.29 is 0 Å². The molecule has 1 aromatic heterocycles. The summed E-state index contributed by atoms with van der Waals surface area (Å²) in [5.41, 5.74) is 2.97. The van der Waals surface area contributed by atoms with Crippen molar-refractivity contribution in [3.05, 3.63) is 16.1 Å². The van der Waals surface area contributed by atoms with Gasteiger partial charge >= 0.3 is 0 Å². The molecule has 0 aliphatic heterocycles. The van der Waals surface area contributed by atoms with E-state index in [0.29, 0.717) is 12.5 Å². The quantitative estimate of drug-likeness (QED) is 0.763. The lowest BCUT2D eigenvalue weighted by Gasteiger charge is -2.21. The second-order valence-corrected chi connectivity index (χ2v) is 4.43. The Hall–Kier alpha value is -0.920. The van der Waals surface area contributed by atoms with Gasteiger partial charge in [0.05, 0.1) is 23.7 Å². The first-order valence-electron chi connectivity index (χ1n) is 4.61. The monoisotopic (exact) mass is 209 g/mol. The van der Waals surface area contributed by atoms with Gasteiger partial charge in [0.1, 0.15) is 0 Å². The van der Waals surface area contributed by atoms with Gasteiger partial charge < -0.3 is 0 Å². The Morgan fingerprint density at radius 3 is 2.93 bits per heavy atom. The molecule has 4 heteroatoms. The van der Waals surface area contributed by atoms with Crippen molar-refractivity contribution >= 4 is 11.3 Å². The summed E-state index contributed by atoms with van der Waals surface area (Å²) in [4.78, 5) is 7.68. The highest BCUT2D eigenvalue weighted by Gasteiger charge is 2.11. The van der Waals surface area contributed by atoms with Crippen LogP contribution in [0.25, 0.3) is 0 Å². The molecule has 1 atom stereocenters. The number of rotatable bonds is 4. The smallest absolute Gasteiger partial charge is 0.0798 e. The van der Waals surface area contributed by atoms with Crippen LogP contribution in [0.2, 0.25) is 0 Å². The molecule has 0 amide bonds. The average molecular weight is 209 g/mol. The third-order valence-corrected chi connectivity index (χ3v) is 3.30. The molecule has 0 aromatic carbocycles. The number of hydrogen-bond donors (Lipinski definition) is 0. The van der Waals surface area contributed by atoms with Gasteiger partial charge in [0.25, 0.3) is 0 Å². The normalized spacial score (nSPS) is 12.8. The second-order valence-electron chi connectivity index (χ2n) is 3.49. The van der Waals surface area contributed by atoms with Crippen molar-refractivity contribution in [2.45, 2.75) is 32.9 Å². The molecule has 3 nitrogen and oxygen atoms in total. The van der Waals surface area contributed by atoms with Crippen LogP contribution < -0.4 is 0 Å². The van der Waals surface area contributed by atoms with Crippen LogP contribution in [0, 0.1) is 18.3 Å². The van der Waals surface area contributed by atoms with Gasteiger partial charge in [-0.25, -0.2) is 4.98 Å². The van der Waals surface area contributed by atoms with E-state index in [1.165, 1.54) is 4.88 Å². The van der Waals surface area contributed by atoms with Gasteiger partial charge in [-0.3, -0.25) is 4.90 Å². The van der Waals surface area contributed by atoms with Crippen molar-refractivity contribution in [3.8, 4) is 6.07 Å². The maximum atomic E-state index is 8.58. The van der Waals surface area contributed by atoms with Gasteiger partial charge in [-0.2, -0.15) is 5.26 Å². The van der Waals surface area contributed by atoms with E-state index in [1.54, 1.807) is 11.3 Å². The van der Waals surface area contributed by atoms with E-state index in [1.807, 2.05) is 19.5 Å².